The van der Waals surface area contributed by atoms with Crippen LogP contribution in [0.2, 0.25) is 0 Å². The number of ether oxygens (including phenoxy) is 1. The van der Waals surface area contributed by atoms with Crippen molar-refractivity contribution in [1.29, 1.82) is 0 Å². The van der Waals surface area contributed by atoms with E-state index >= 15 is 0 Å². The average Bonchev–Trinajstić information content (AvgIpc) is 3.40. The molecule has 1 aliphatic carbocycles. The van der Waals surface area contributed by atoms with Crippen molar-refractivity contribution in [2.75, 3.05) is 26.7 Å². The summed E-state index contributed by atoms with van der Waals surface area (Å²) in [7, 11) is 1.72. The van der Waals surface area contributed by atoms with E-state index in [4.69, 9.17) is 4.74 Å². The van der Waals surface area contributed by atoms with E-state index in [1.165, 1.54) is 5.57 Å². The summed E-state index contributed by atoms with van der Waals surface area (Å²) in [4.78, 5) is 38.4. The number of aromatic nitrogens is 2. The van der Waals surface area contributed by atoms with Gasteiger partial charge in [-0.2, -0.15) is 0 Å². The highest BCUT2D eigenvalue weighted by Gasteiger charge is 2.35. The number of likely N-dealkylation sites (N-methyl/N-ethyl adjacent to an activating group) is 1. The predicted molar refractivity (Wildman–Crippen MR) is 128 cm³/mol. The molecule has 3 heterocycles. The summed E-state index contributed by atoms with van der Waals surface area (Å²) >= 11 is 0. The standard InChI is InChI=1S/C26H32N4O4/c1-17-14-30(18(2)16-31)25(32)21-12-20(19-8-4-5-9-19)13-28-24(21)34-23(17)15-29(3)26(33)22-10-6-7-11-27-22/h6-8,10-13,17-18,23,31H,4-5,9,14-16H2,1-3H3/t17-,18+,23+/m0/s1. The van der Waals surface area contributed by atoms with Crippen LogP contribution in [0.3, 0.4) is 0 Å². The smallest absolute Gasteiger partial charge is 0.272 e. The van der Waals surface area contributed by atoms with Crippen LogP contribution in [0.4, 0.5) is 0 Å². The molecule has 180 valence electrons. The van der Waals surface area contributed by atoms with Gasteiger partial charge in [0.2, 0.25) is 5.88 Å². The molecule has 0 aromatic carbocycles. The van der Waals surface area contributed by atoms with E-state index in [-0.39, 0.29) is 36.3 Å². The summed E-state index contributed by atoms with van der Waals surface area (Å²) in [6.45, 7) is 4.37. The molecular weight excluding hydrogens is 432 g/mol. The summed E-state index contributed by atoms with van der Waals surface area (Å²) in [5.74, 6) is -0.249. The molecule has 3 atom stereocenters. The van der Waals surface area contributed by atoms with Crippen LogP contribution in [-0.4, -0.2) is 75.6 Å². The number of carbonyl (C=O) groups excluding carboxylic acids is 2. The Morgan fingerprint density at radius 3 is 2.85 bits per heavy atom. The van der Waals surface area contributed by atoms with Crippen LogP contribution in [0.15, 0.2) is 42.7 Å². The Morgan fingerprint density at radius 1 is 1.35 bits per heavy atom. The van der Waals surface area contributed by atoms with Gasteiger partial charge in [0, 0.05) is 31.9 Å². The predicted octanol–water partition coefficient (Wildman–Crippen LogP) is 3.04. The lowest BCUT2D eigenvalue weighted by Gasteiger charge is -2.37. The van der Waals surface area contributed by atoms with Crippen LogP contribution < -0.4 is 4.74 Å². The third-order valence-corrected chi connectivity index (χ3v) is 6.62. The van der Waals surface area contributed by atoms with E-state index in [1.807, 2.05) is 19.9 Å². The zero-order valence-corrected chi connectivity index (χ0v) is 20.0. The highest BCUT2D eigenvalue weighted by molar-refractivity contribution is 5.97. The molecule has 8 heteroatoms. The molecule has 8 nitrogen and oxygen atoms in total. The third kappa shape index (κ3) is 4.97. The Balaban J connectivity index is 1.65. The number of allylic oxidation sites excluding steroid dienone is 2. The lowest BCUT2D eigenvalue weighted by Crippen LogP contribution is -2.50. The van der Waals surface area contributed by atoms with Crippen LogP contribution in [0.5, 0.6) is 5.88 Å². The Bertz CT molecular complexity index is 1070. The van der Waals surface area contributed by atoms with Crippen LogP contribution in [-0.2, 0) is 0 Å². The lowest BCUT2D eigenvalue weighted by atomic mass is 9.99. The van der Waals surface area contributed by atoms with Crippen LogP contribution in [0, 0.1) is 5.92 Å². The molecular formula is C26H32N4O4. The van der Waals surface area contributed by atoms with Crippen LogP contribution in [0.25, 0.3) is 5.57 Å². The molecule has 0 bridgehead atoms. The molecule has 2 aromatic heterocycles. The fraction of sp³-hybridized carbons (Fsp3) is 0.462. The zero-order valence-electron chi connectivity index (χ0n) is 20.0. The maximum absolute atomic E-state index is 13.5. The number of hydrogen-bond donors (Lipinski definition) is 1. The van der Waals surface area contributed by atoms with Gasteiger partial charge in [0.1, 0.15) is 17.4 Å². The van der Waals surface area contributed by atoms with Crippen molar-refractivity contribution in [3.63, 3.8) is 0 Å². The van der Waals surface area contributed by atoms with Gasteiger partial charge in [-0.15, -0.1) is 0 Å². The van der Waals surface area contributed by atoms with Crippen molar-refractivity contribution >= 4 is 17.4 Å². The van der Waals surface area contributed by atoms with Gasteiger partial charge in [0.25, 0.3) is 11.8 Å². The number of carbonyl (C=O) groups is 2. The number of amides is 2. The summed E-state index contributed by atoms with van der Waals surface area (Å²) in [5, 5.41) is 9.83. The van der Waals surface area contributed by atoms with Gasteiger partial charge in [0.15, 0.2) is 0 Å². The van der Waals surface area contributed by atoms with Crippen LogP contribution in [0.1, 0.15) is 59.5 Å². The van der Waals surface area contributed by atoms with Gasteiger partial charge in [-0.05, 0) is 55.5 Å². The number of aliphatic hydroxyl groups excluding tert-OH is 1. The normalized spacial score (nSPS) is 21.1. The number of pyridine rings is 2. The van der Waals surface area contributed by atoms with E-state index in [2.05, 4.69) is 16.0 Å². The molecule has 0 radical (unpaired) electrons. The van der Waals surface area contributed by atoms with Crippen molar-refractivity contribution in [1.82, 2.24) is 19.8 Å². The molecule has 0 fully saturated rings. The third-order valence-electron chi connectivity index (χ3n) is 6.62. The van der Waals surface area contributed by atoms with Gasteiger partial charge in [0.05, 0.1) is 19.2 Å². The quantitative estimate of drug-likeness (QED) is 0.706. The molecule has 4 rings (SSSR count). The van der Waals surface area contributed by atoms with Crippen molar-refractivity contribution in [2.45, 2.75) is 45.3 Å². The summed E-state index contributed by atoms with van der Waals surface area (Å²) < 4.78 is 6.30. The minimum Gasteiger partial charge on any atom is -0.472 e. The van der Waals surface area contributed by atoms with E-state index in [9.17, 15) is 14.7 Å². The fourth-order valence-corrected chi connectivity index (χ4v) is 4.47. The summed E-state index contributed by atoms with van der Waals surface area (Å²) in [6.07, 6.45) is 8.23. The van der Waals surface area contributed by atoms with Crippen molar-refractivity contribution in [3.05, 3.63) is 59.6 Å². The first kappa shape index (κ1) is 23.9. The van der Waals surface area contributed by atoms with Crippen molar-refractivity contribution < 1.29 is 19.4 Å². The molecule has 2 amide bonds. The molecule has 0 saturated heterocycles. The Hall–Kier alpha value is -3.26. The Labute approximate surface area is 200 Å². The molecule has 2 aromatic rings. The van der Waals surface area contributed by atoms with E-state index in [0.29, 0.717) is 24.3 Å². The van der Waals surface area contributed by atoms with Crippen molar-refractivity contribution in [2.24, 2.45) is 5.92 Å². The van der Waals surface area contributed by atoms with Gasteiger partial charge in [-0.1, -0.05) is 19.1 Å². The average molecular weight is 465 g/mol. The molecule has 1 N–H and O–H groups in total. The zero-order chi connectivity index (χ0) is 24.2. The van der Waals surface area contributed by atoms with Gasteiger partial charge < -0.3 is 19.6 Å². The first-order valence-corrected chi connectivity index (χ1v) is 11.8. The molecule has 1 aliphatic heterocycles. The minimum absolute atomic E-state index is 0.107. The van der Waals surface area contributed by atoms with E-state index in [1.54, 1.807) is 47.4 Å². The van der Waals surface area contributed by atoms with E-state index in [0.717, 1.165) is 24.8 Å². The maximum atomic E-state index is 13.5. The number of aliphatic hydroxyl groups is 1. The maximum Gasteiger partial charge on any atom is 0.272 e. The summed E-state index contributed by atoms with van der Waals surface area (Å²) in [5.41, 5.74) is 2.87. The lowest BCUT2D eigenvalue weighted by molar-refractivity contribution is 0.0312. The van der Waals surface area contributed by atoms with Crippen LogP contribution >= 0.6 is 0 Å². The molecule has 0 saturated carbocycles. The van der Waals surface area contributed by atoms with Gasteiger partial charge >= 0.3 is 0 Å². The van der Waals surface area contributed by atoms with Gasteiger partial charge in [-0.25, -0.2) is 4.98 Å². The fourth-order valence-electron chi connectivity index (χ4n) is 4.47. The Morgan fingerprint density at radius 2 is 2.18 bits per heavy atom. The topological polar surface area (TPSA) is 95.9 Å². The second-order valence-electron chi connectivity index (χ2n) is 9.22. The molecule has 2 aliphatic rings. The number of hydrogen-bond acceptors (Lipinski definition) is 6. The van der Waals surface area contributed by atoms with E-state index < -0.39 is 6.10 Å². The first-order chi connectivity index (χ1) is 16.4. The summed E-state index contributed by atoms with van der Waals surface area (Å²) in [6, 6.07) is 6.72. The largest absolute Gasteiger partial charge is 0.472 e. The molecule has 0 unspecified atom stereocenters. The molecule has 34 heavy (non-hydrogen) atoms. The first-order valence-electron chi connectivity index (χ1n) is 11.8. The van der Waals surface area contributed by atoms with Crippen molar-refractivity contribution in [3.8, 4) is 5.88 Å². The number of fused-ring (bicyclic) bond motifs is 1. The highest BCUT2D eigenvalue weighted by atomic mass is 16.5. The highest BCUT2D eigenvalue weighted by Crippen LogP contribution is 2.32. The SMILES string of the molecule is C[C@H](CO)N1C[C@H](C)[C@@H](CN(C)C(=O)c2ccccn2)Oc2ncc(C3=CCCC3)cc2C1=O. The Kier molecular flexibility index (Phi) is 7.26. The van der Waals surface area contributed by atoms with Gasteiger partial charge in [-0.3, -0.25) is 14.6 Å². The number of rotatable bonds is 6. The second-order valence-corrected chi connectivity index (χ2v) is 9.22. The molecule has 0 spiro atoms. The number of nitrogens with zero attached hydrogens (tertiary/aromatic N) is 4. The monoisotopic (exact) mass is 464 g/mol. The minimum atomic E-state index is -0.401. The second kappa shape index (κ2) is 10.3.